The predicted molar refractivity (Wildman–Crippen MR) is 88.9 cm³/mol. The van der Waals surface area contributed by atoms with Gasteiger partial charge >= 0.3 is 5.97 Å². The van der Waals surface area contributed by atoms with Gasteiger partial charge in [0.1, 0.15) is 0 Å². The van der Waals surface area contributed by atoms with E-state index in [1.54, 1.807) is 18.2 Å². The molecule has 1 rings (SSSR count). The van der Waals surface area contributed by atoms with Crippen LogP contribution in [0.4, 0.5) is 5.69 Å². The zero-order chi connectivity index (χ0) is 15.7. The molecule has 1 atom stereocenters. The summed E-state index contributed by atoms with van der Waals surface area (Å²) in [6, 6.07) is 5.04. The molecule has 0 heterocycles. The lowest BCUT2D eigenvalue weighted by molar-refractivity contribution is -0.139. The molecule has 0 saturated heterocycles. The first-order valence-electron chi connectivity index (χ1n) is 7.84. The van der Waals surface area contributed by atoms with Crippen molar-refractivity contribution in [2.75, 3.05) is 5.73 Å². The van der Waals surface area contributed by atoms with Gasteiger partial charge in [0.05, 0.1) is 5.92 Å². The molecule has 0 amide bonds. The largest absolute Gasteiger partial charge is 0.481 e. The molecule has 21 heavy (non-hydrogen) atoms. The van der Waals surface area contributed by atoms with E-state index >= 15 is 0 Å². The third kappa shape index (κ3) is 6.38. The molecule has 0 fully saturated rings. The number of nitrogen functional groups attached to an aromatic ring is 1. The molecular formula is C17H26ClNO2. The first-order chi connectivity index (χ1) is 10.1. The van der Waals surface area contributed by atoms with E-state index in [1.165, 1.54) is 32.1 Å². The van der Waals surface area contributed by atoms with Crippen molar-refractivity contribution in [1.82, 2.24) is 0 Å². The van der Waals surface area contributed by atoms with E-state index in [2.05, 4.69) is 6.92 Å². The fourth-order valence-electron chi connectivity index (χ4n) is 2.56. The highest BCUT2D eigenvalue weighted by atomic mass is 35.5. The van der Waals surface area contributed by atoms with Crippen LogP contribution in [-0.4, -0.2) is 11.1 Å². The minimum atomic E-state index is -0.824. The number of hydrogen-bond acceptors (Lipinski definition) is 2. The number of carbonyl (C=O) groups is 1. The third-order valence-corrected chi connectivity index (χ3v) is 4.05. The molecule has 0 bridgehead atoms. The average molecular weight is 312 g/mol. The van der Waals surface area contributed by atoms with Gasteiger partial charge in [-0.05, 0) is 30.2 Å². The highest BCUT2D eigenvalue weighted by Gasteiger charge is 2.21. The Morgan fingerprint density at radius 3 is 2.43 bits per heavy atom. The third-order valence-electron chi connectivity index (χ3n) is 3.82. The molecule has 0 aliphatic carbocycles. The zero-order valence-corrected chi connectivity index (χ0v) is 13.5. The Morgan fingerprint density at radius 1 is 1.19 bits per heavy atom. The molecule has 3 N–H and O–H groups in total. The van der Waals surface area contributed by atoms with Crippen molar-refractivity contribution < 1.29 is 9.90 Å². The predicted octanol–water partition coefficient (Wildman–Crippen LogP) is 5.23. The van der Waals surface area contributed by atoms with Crippen LogP contribution in [0.3, 0.4) is 0 Å². The Kier molecular flexibility index (Phi) is 8.21. The summed E-state index contributed by atoms with van der Waals surface area (Å²) in [6.45, 7) is 2.20. The van der Waals surface area contributed by atoms with Crippen LogP contribution < -0.4 is 5.73 Å². The molecule has 0 saturated carbocycles. The zero-order valence-electron chi connectivity index (χ0n) is 12.8. The lowest BCUT2D eigenvalue weighted by Gasteiger charge is -2.15. The summed E-state index contributed by atoms with van der Waals surface area (Å²) in [5, 5.41) is 9.95. The molecular weight excluding hydrogens is 286 g/mol. The Balaban J connectivity index is 2.47. The van der Waals surface area contributed by atoms with E-state index in [0.29, 0.717) is 22.7 Å². The lowest BCUT2D eigenvalue weighted by atomic mass is 9.91. The monoisotopic (exact) mass is 311 g/mol. The summed E-state index contributed by atoms with van der Waals surface area (Å²) in [5.41, 5.74) is 7.04. The SMILES string of the molecule is CCCCCCCCCC(C(=O)O)c1cc(Cl)ccc1N. The molecule has 0 aliphatic heterocycles. The van der Waals surface area contributed by atoms with Gasteiger partial charge in [-0.1, -0.05) is 63.5 Å². The highest BCUT2D eigenvalue weighted by molar-refractivity contribution is 6.30. The quantitative estimate of drug-likeness (QED) is 0.459. The second kappa shape index (κ2) is 9.67. The van der Waals surface area contributed by atoms with Gasteiger partial charge in [-0.25, -0.2) is 0 Å². The second-order valence-corrected chi connectivity index (χ2v) is 6.01. The van der Waals surface area contributed by atoms with Crippen molar-refractivity contribution in [2.45, 2.75) is 64.2 Å². The van der Waals surface area contributed by atoms with Crippen molar-refractivity contribution in [1.29, 1.82) is 0 Å². The van der Waals surface area contributed by atoms with Crippen LogP contribution in [0.2, 0.25) is 5.02 Å². The van der Waals surface area contributed by atoms with E-state index in [-0.39, 0.29) is 0 Å². The molecule has 4 heteroatoms. The van der Waals surface area contributed by atoms with Crippen LogP contribution in [0.5, 0.6) is 0 Å². The first-order valence-corrected chi connectivity index (χ1v) is 8.21. The first kappa shape index (κ1) is 17.8. The maximum Gasteiger partial charge on any atom is 0.311 e. The number of nitrogens with two attached hydrogens (primary N) is 1. The van der Waals surface area contributed by atoms with Crippen LogP contribution in [-0.2, 0) is 4.79 Å². The second-order valence-electron chi connectivity index (χ2n) is 5.57. The van der Waals surface area contributed by atoms with E-state index in [9.17, 15) is 9.90 Å². The van der Waals surface area contributed by atoms with Crippen LogP contribution in [0.1, 0.15) is 69.8 Å². The molecule has 0 radical (unpaired) electrons. The summed E-state index contributed by atoms with van der Waals surface area (Å²) < 4.78 is 0. The van der Waals surface area contributed by atoms with Gasteiger partial charge in [0.15, 0.2) is 0 Å². The lowest BCUT2D eigenvalue weighted by Crippen LogP contribution is -2.13. The molecule has 0 aliphatic rings. The fourth-order valence-corrected chi connectivity index (χ4v) is 2.75. The summed E-state index contributed by atoms with van der Waals surface area (Å²) in [7, 11) is 0. The van der Waals surface area contributed by atoms with Gasteiger partial charge in [0.2, 0.25) is 0 Å². The number of aliphatic carboxylic acids is 1. The summed E-state index contributed by atoms with van der Waals surface area (Å²) in [5.74, 6) is -1.38. The minimum absolute atomic E-state index is 0.509. The van der Waals surface area contributed by atoms with Crippen molar-refractivity contribution in [3.05, 3.63) is 28.8 Å². The number of hydrogen-bond donors (Lipinski definition) is 2. The van der Waals surface area contributed by atoms with Gasteiger partial charge in [-0.15, -0.1) is 0 Å². The molecule has 3 nitrogen and oxygen atoms in total. The summed E-state index contributed by atoms with van der Waals surface area (Å²) in [6.07, 6.45) is 8.84. The summed E-state index contributed by atoms with van der Waals surface area (Å²) in [4.78, 5) is 11.5. The number of carboxylic acid groups (broad SMARTS) is 1. The van der Waals surface area contributed by atoms with Gasteiger partial charge in [0, 0.05) is 10.7 Å². The van der Waals surface area contributed by atoms with Crippen LogP contribution in [0, 0.1) is 0 Å². The average Bonchev–Trinajstić information content (AvgIpc) is 2.44. The van der Waals surface area contributed by atoms with Crippen molar-refractivity contribution in [3.8, 4) is 0 Å². The van der Waals surface area contributed by atoms with Crippen LogP contribution in [0.15, 0.2) is 18.2 Å². The van der Waals surface area contributed by atoms with E-state index in [4.69, 9.17) is 17.3 Å². The number of halogens is 1. The van der Waals surface area contributed by atoms with Gasteiger partial charge in [-0.2, -0.15) is 0 Å². The Labute approximate surface area is 132 Å². The van der Waals surface area contributed by atoms with Crippen LogP contribution >= 0.6 is 11.6 Å². The van der Waals surface area contributed by atoms with E-state index in [1.807, 2.05) is 0 Å². The molecule has 0 spiro atoms. The van der Waals surface area contributed by atoms with Crippen molar-refractivity contribution >= 4 is 23.3 Å². The number of rotatable bonds is 10. The molecule has 118 valence electrons. The number of carboxylic acids is 1. The Bertz CT molecular complexity index is 448. The maximum atomic E-state index is 11.5. The standard InChI is InChI=1S/C17H26ClNO2/c1-2-3-4-5-6-7-8-9-14(17(20)21)15-12-13(18)10-11-16(15)19/h10-12,14H,2-9,19H2,1H3,(H,20,21). The number of anilines is 1. The van der Waals surface area contributed by atoms with Gasteiger partial charge in [0.25, 0.3) is 0 Å². The van der Waals surface area contributed by atoms with Gasteiger partial charge < -0.3 is 10.8 Å². The highest BCUT2D eigenvalue weighted by Crippen LogP contribution is 2.30. The molecule has 1 aromatic rings. The van der Waals surface area contributed by atoms with Crippen molar-refractivity contribution in [2.24, 2.45) is 0 Å². The summed E-state index contributed by atoms with van der Waals surface area (Å²) >= 11 is 5.95. The van der Waals surface area contributed by atoms with Gasteiger partial charge in [-0.3, -0.25) is 4.79 Å². The smallest absolute Gasteiger partial charge is 0.311 e. The van der Waals surface area contributed by atoms with E-state index < -0.39 is 11.9 Å². The molecule has 1 aromatic carbocycles. The normalized spacial score (nSPS) is 12.3. The van der Waals surface area contributed by atoms with Crippen molar-refractivity contribution in [3.63, 3.8) is 0 Å². The number of unbranched alkanes of at least 4 members (excludes halogenated alkanes) is 6. The minimum Gasteiger partial charge on any atom is -0.481 e. The van der Waals surface area contributed by atoms with Crippen LogP contribution in [0.25, 0.3) is 0 Å². The topological polar surface area (TPSA) is 63.3 Å². The molecule has 1 unspecified atom stereocenters. The Morgan fingerprint density at radius 2 is 1.81 bits per heavy atom. The molecule has 0 aromatic heterocycles. The Hall–Kier alpha value is -1.22. The maximum absolute atomic E-state index is 11.5. The fraction of sp³-hybridized carbons (Fsp3) is 0.588. The number of benzene rings is 1. The van der Waals surface area contributed by atoms with E-state index in [0.717, 1.165) is 12.8 Å².